The summed E-state index contributed by atoms with van der Waals surface area (Å²) in [7, 11) is 0. The molecule has 2 aromatic rings. The van der Waals surface area contributed by atoms with E-state index >= 15 is 0 Å². The Balaban J connectivity index is 2.18. The Labute approximate surface area is 126 Å². The summed E-state index contributed by atoms with van der Waals surface area (Å²) in [5, 5.41) is 0.736. The molecule has 0 amide bonds. The number of hydrogen-bond donors (Lipinski definition) is 1. The number of aryl methyl sites for hydroxylation is 1. The molecule has 2 nitrogen and oxygen atoms in total. The Morgan fingerprint density at radius 1 is 1.21 bits per heavy atom. The van der Waals surface area contributed by atoms with E-state index in [0.717, 1.165) is 26.4 Å². The second kappa shape index (κ2) is 6.42. The molecule has 2 aromatic carbocycles. The first-order valence-electron chi connectivity index (χ1n) is 5.98. The van der Waals surface area contributed by atoms with Crippen molar-refractivity contribution in [3.63, 3.8) is 0 Å². The van der Waals surface area contributed by atoms with Gasteiger partial charge in [-0.05, 0) is 48.4 Å². The average molecular weight is 341 g/mol. The number of hydrogen-bond acceptors (Lipinski definition) is 2. The SMILES string of the molecule is Cc1cc(OC(CN)c2ccc(Br)cc2)ccc1Cl. The van der Waals surface area contributed by atoms with Crippen LogP contribution in [0.1, 0.15) is 17.2 Å². The predicted molar refractivity (Wildman–Crippen MR) is 82.8 cm³/mol. The summed E-state index contributed by atoms with van der Waals surface area (Å²) in [6, 6.07) is 13.6. The van der Waals surface area contributed by atoms with Crippen molar-refractivity contribution < 1.29 is 4.74 Å². The summed E-state index contributed by atoms with van der Waals surface area (Å²) in [5.74, 6) is 0.778. The van der Waals surface area contributed by atoms with Gasteiger partial charge in [0.25, 0.3) is 0 Å². The van der Waals surface area contributed by atoms with Crippen LogP contribution in [0, 0.1) is 6.92 Å². The highest BCUT2D eigenvalue weighted by atomic mass is 79.9. The smallest absolute Gasteiger partial charge is 0.136 e. The second-order valence-corrected chi connectivity index (χ2v) is 5.63. The zero-order valence-corrected chi connectivity index (χ0v) is 12.9. The van der Waals surface area contributed by atoms with Crippen molar-refractivity contribution in [2.45, 2.75) is 13.0 Å². The van der Waals surface area contributed by atoms with E-state index in [1.807, 2.05) is 49.4 Å². The maximum absolute atomic E-state index is 6.00. The number of ether oxygens (including phenoxy) is 1. The molecule has 0 saturated carbocycles. The zero-order chi connectivity index (χ0) is 13.8. The minimum Gasteiger partial charge on any atom is -0.484 e. The molecule has 0 aliphatic carbocycles. The third-order valence-corrected chi connectivity index (χ3v) is 3.82. The predicted octanol–water partition coefficient (Wildman–Crippen LogP) is 4.49. The number of benzene rings is 2. The Kier molecular flexibility index (Phi) is 4.86. The maximum Gasteiger partial charge on any atom is 0.136 e. The molecule has 2 rings (SSSR count). The van der Waals surface area contributed by atoms with E-state index in [1.165, 1.54) is 0 Å². The van der Waals surface area contributed by atoms with Crippen LogP contribution in [0.25, 0.3) is 0 Å². The van der Waals surface area contributed by atoms with E-state index in [9.17, 15) is 0 Å². The summed E-state index contributed by atoms with van der Waals surface area (Å²) in [5.41, 5.74) is 7.84. The fraction of sp³-hybridized carbons (Fsp3) is 0.200. The fourth-order valence-electron chi connectivity index (χ4n) is 1.78. The van der Waals surface area contributed by atoms with Gasteiger partial charge in [-0.25, -0.2) is 0 Å². The molecule has 0 saturated heterocycles. The summed E-state index contributed by atoms with van der Waals surface area (Å²) in [6.07, 6.45) is -0.159. The van der Waals surface area contributed by atoms with Gasteiger partial charge in [-0.2, -0.15) is 0 Å². The third kappa shape index (κ3) is 3.72. The molecular formula is C15H15BrClNO. The van der Waals surface area contributed by atoms with E-state index in [4.69, 9.17) is 22.1 Å². The van der Waals surface area contributed by atoms with Crippen LogP contribution in [0.3, 0.4) is 0 Å². The molecule has 2 N–H and O–H groups in total. The molecule has 1 unspecified atom stereocenters. The molecular weight excluding hydrogens is 326 g/mol. The Bertz CT molecular complexity index is 557. The van der Waals surface area contributed by atoms with Crippen molar-refractivity contribution in [3.05, 3.63) is 63.1 Å². The molecule has 0 fully saturated rings. The Morgan fingerprint density at radius 2 is 1.89 bits per heavy atom. The van der Waals surface area contributed by atoms with Gasteiger partial charge in [0.2, 0.25) is 0 Å². The van der Waals surface area contributed by atoms with E-state index in [1.54, 1.807) is 0 Å². The number of rotatable bonds is 4. The van der Waals surface area contributed by atoms with Crippen LogP contribution in [0.4, 0.5) is 0 Å². The minimum atomic E-state index is -0.159. The molecule has 0 heterocycles. The van der Waals surface area contributed by atoms with Crippen LogP contribution in [-0.2, 0) is 0 Å². The van der Waals surface area contributed by atoms with Crippen LogP contribution in [0.2, 0.25) is 5.02 Å². The molecule has 4 heteroatoms. The lowest BCUT2D eigenvalue weighted by Crippen LogP contribution is -2.18. The van der Waals surface area contributed by atoms with Crippen molar-refractivity contribution in [1.82, 2.24) is 0 Å². The van der Waals surface area contributed by atoms with Crippen molar-refractivity contribution >= 4 is 27.5 Å². The van der Waals surface area contributed by atoms with Crippen molar-refractivity contribution in [1.29, 1.82) is 0 Å². The normalized spacial score (nSPS) is 12.2. The van der Waals surface area contributed by atoms with Crippen LogP contribution in [-0.4, -0.2) is 6.54 Å². The molecule has 0 bridgehead atoms. The summed E-state index contributed by atoms with van der Waals surface area (Å²) in [6.45, 7) is 2.37. The standard InChI is InChI=1S/C15H15BrClNO/c1-10-8-13(6-7-14(10)17)19-15(9-18)11-2-4-12(16)5-3-11/h2-8,15H,9,18H2,1H3. The molecule has 0 aliphatic heterocycles. The molecule has 0 aliphatic rings. The van der Waals surface area contributed by atoms with Gasteiger partial charge in [-0.3, -0.25) is 0 Å². The van der Waals surface area contributed by atoms with Gasteiger partial charge in [0, 0.05) is 16.0 Å². The fourth-order valence-corrected chi connectivity index (χ4v) is 2.17. The minimum absolute atomic E-state index is 0.159. The third-order valence-electron chi connectivity index (χ3n) is 2.86. The maximum atomic E-state index is 6.00. The number of nitrogens with two attached hydrogens (primary N) is 1. The lowest BCUT2D eigenvalue weighted by molar-refractivity contribution is 0.214. The van der Waals surface area contributed by atoms with Gasteiger partial charge in [0.05, 0.1) is 0 Å². The lowest BCUT2D eigenvalue weighted by atomic mass is 10.1. The zero-order valence-electron chi connectivity index (χ0n) is 10.6. The van der Waals surface area contributed by atoms with Gasteiger partial charge < -0.3 is 10.5 Å². The van der Waals surface area contributed by atoms with E-state index in [-0.39, 0.29) is 6.10 Å². The van der Waals surface area contributed by atoms with E-state index in [0.29, 0.717) is 6.54 Å². The summed E-state index contributed by atoms with van der Waals surface area (Å²) < 4.78 is 6.96. The van der Waals surface area contributed by atoms with Crippen LogP contribution in [0.5, 0.6) is 5.75 Å². The molecule has 1 atom stereocenters. The van der Waals surface area contributed by atoms with Crippen molar-refractivity contribution in [2.24, 2.45) is 5.73 Å². The molecule has 100 valence electrons. The summed E-state index contributed by atoms with van der Waals surface area (Å²) >= 11 is 9.41. The summed E-state index contributed by atoms with van der Waals surface area (Å²) in [4.78, 5) is 0. The average Bonchev–Trinajstić information content (AvgIpc) is 2.41. The number of halogens is 2. The molecule has 0 radical (unpaired) electrons. The first kappa shape index (κ1) is 14.4. The van der Waals surface area contributed by atoms with E-state index < -0.39 is 0 Å². The van der Waals surface area contributed by atoms with Crippen LogP contribution < -0.4 is 10.5 Å². The lowest BCUT2D eigenvalue weighted by Gasteiger charge is -2.18. The monoisotopic (exact) mass is 339 g/mol. The van der Waals surface area contributed by atoms with Gasteiger partial charge in [-0.15, -0.1) is 0 Å². The molecule has 19 heavy (non-hydrogen) atoms. The first-order valence-corrected chi connectivity index (χ1v) is 7.15. The highest BCUT2D eigenvalue weighted by Crippen LogP contribution is 2.26. The topological polar surface area (TPSA) is 35.2 Å². The highest BCUT2D eigenvalue weighted by Gasteiger charge is 2.11. The van der Waals surface area contributed by atoms with Gasteiger partial charge in [-0.1, -0.05) is 39.7 Å². The van der Waals surface area contributed by atoms with Crippen LogP contribution in [0.15, 0.2) is 46.9 Å². The van der Waals surface area contributed by atoms with Crippen molar-refractivity contribution in [2.75, 3.05) is 6.54 Å². The van der Waals surface area contributed by atoms with Gasteiger partial charge in [0.15, 0.2) is 0 Å². The second-order valence-electron chi connectivity index (χ2n) is 4.30. The molecule has 0 aromatic heterocycles. The molecule has 0 spiro atoms. The Morgan fingerprint density at radius 3 is 2.47 bits per heavy atom. The highest BCUT2D eigenvalue weighted by molar-refractivity contribution is 9.10. The Hall–Kier alpha value is -1.03. The van der Waals surface area contributed by atoms with E-state index in [2.05, 4.69) is 15.9 Å². The quantitative estimate of drug-likeness (QED) is 0.890. The van der Waals surface area contributed by atoms with Crippen LogP contribution >= 0.6 is 27.5 Å². The van der Waals surface area contributed by atoms with Gasteiger partial charge in [0.1, 0.15) is 11.9 Å². The first-order chi connectivity index (χ1) is 9.10. The largest absolute Gasteiger partial charge is 0.484 e. The van der Waals surface area contributed by atoms with Crippen molar-refractivity contribution in [3.8, 4) is 5.75 Å². The van der Waals surface area contributed by atoms with Gasteiger partial charge >= 0.3 is 0 Å².